The van der Waals surface area contributed by atoms with E-state index < -0.39 is 6.10 Å². The zero-order chi connectivity index (χ0) is 18.9. The highest BCUT2D eigenvalue weighted by molar-refractivity contribution is 5.98. The minimum atomic E-state index is -0.530. The summed E-state index contributed by atoms with van der Waals surface area (Å²) in [6, 6.07) is 8.23. The number of ether oxygens (including phenoxy) is 1. The SMILES string of the molecule is COC(=O)C1=C2N(C=O)c3ccccc3C23CCN2CC(C(C)O)C1CC23. The molecular formula is C21H24N2O4. The van der Waals surface area contributed by atoms with Gasteiger partial charge >= 0.3 is 5.97 Å². The molecule has 0 saturated carbocycles. The summed E-state index contributed by atoms with van der Waals surface area (Å²) in [4.78, 5) is 29.2. The predicted molar refractivity (Wildman–Crippen MR) is 99.0 cm³/mol. The standard InChI is InChI=1S/C21H24N2O4/c1-12(25)14-10-22-8-7-21-15-5-3-4-6-16(15)23(11-24)19(21)18(20(26)27-2)13(14)9-17(21)22/h3-6,11-14,17,25H,7-10H2,1-2H3. The number of para-hydroxylation sites is 1. The highest BCUT2D eigenvalue weighted by Gasteiger charge is 2.65. The van der Waals surface area contributed by atoms with E-state index in [1.54, 1.807) is 11.8 Å². The Morgan fingerprint density at radius 2 is 2.19 bits per heavy atom. The molecule has 4 aliphatic rings. The van der Waals surface area contributed by atoms with E-state index in [4.69, 9.17) is 4.74 Å². The maximum atomic E-state index is 12.9. The van der Waals surface area contributed by atoms with Gasteiger partial charge in [0.15, 0.2) is 0 Å². The average Bonchev–Trinajstić information content (AvgIpc) is 3.21. The number of aliphatic hydroxyl groups excluding tert-OH is 1. The summed E-state index contributed by atoms with van der Waals surface area (Å²) >= 11 is 0. The summed E-state index contributed by atoms with van der Waals surface area (Å²) in [5.74, 6) is -0.522. The molecule has 142 valence electrons. The third kappa shape index (κ3) is 1.92. The van der Waals surface area contributed by atoms with E-state index in [0.29, 0.717) is 5.57 Å². The Balaban J connectivity index is 1.84. The highest BCUT2D eigenvalue weighted by Crippen LogP contribution is 2.63. The molecule has 3 heterocycles. The first-order valence-electron chi connectivity index (χ1n) is 9.63. The van der Waals surface area contributed by atoms with Gasteiger partial charge in [0.25, 0.3) is 0 Å². The van der Waals surface area contributed by atoms with Gasteiger partial charge in [0.05, 0.1) is 29.9 Å². The van der Waals surface area contributed by atoms with Crippen molar-refractivity contribution in [3.05, 3.63) is 41.1 Å². The Hall–Kier alpha value is -2.18. The number of nitrogens with zero attached hydrogens (tertiary/aromatic N) is 2. The van der Waals surface area contributed by atoms with Crippen molar-refractivity contribution >= 4 is 18.1 Å². The van der Waals surface area contributed by atoms with Crippen LogP contribution in [0.5, 0.6) is 0 Å². The number of carbonyl (C=O) groups excluding carboxylic acids is 2. The van der Waals surface area contributed by atoms with Crippen LogP contribution in [0.4, 0.5) is 5.69 Å². The minimum Gasteiger partial charge on any atom is -0.466 e. The quantitative estimate of drug-likeness (QED) is 0.646. The number of methoxy groups -OCH3 is 1. The molecule has 2 saturated heterocycles. The van der Waals surface area contributed by atoms with Crippen LogP contribution in [-0.4, -0.2) is 54.7 Å². The first-order valence-corrected chi connectivity index (χ1v) is 9.63. The van der Waals surface area contributed by atoms with Gasteiger partial charge in [-0.05, 0) is 37.9 Å². The number of hydrogen-bond acceptors (Lipinski definition) is 5. The third-order valence-corrected chi connectivity index (χ3v) is 7.31. The van der Waals surface area contributed by atoms with Crippen LogP contribution in [0.2, 0.25) is 0 Å². The maximum absolute atomic E-state index is 12.9. The number of rotatable bonds is 3. The Labute approximate surface area is 158 Å². The van der Waals surface area contributed by atoms with Crippen molar-refractivity contribution in [3.8, 4) is 0 Å². The van der Waals surface area contributed by atoms with E-state index >= 15 is 0 Å². The van der Waals surface area contributed by atoms with Gasteiger partial charge in [0.1, 0.15) is 0 Å². The van der Waals surface area contributed by atoms with Gasteiger partial charge in [0.2, 0.25) is 6.41 Å². The molecule has 6 nitrogen and oxygen atoms in total. The molecule has 2 fully saturated rings. The van der Waals surface area contributed by atoms with E-state index in [1.807, 2.05) is 18.2 Å². The fourth-order valence-electron chi connectivity index (χ4n) is 6.28. The monoisotopic (exact) mass is 368 g/mol. The Morgan fingerprint density at radius 1 is 1.41 bits per heavy atom. The number of aliphatic hydroxyl groups is 1. The molecule has 5 unspecified atom stereocenters. The highest BCUT2D eigenvalue weighted by atomic mass is 16.5. The summed E-state index contributed by atoms with van der Waals surface area (Å²) in [7, 11) is 1.39. The molecular weight excluding hydrogens is 344 g/mol. The van der Waals surface area contributed by atoms with Gasteiger partial charge in [0, 0.05) is 30.1 Å². The van der Waals surface area contributed by atoms with Gasteiger partial charge in [-0.3, -0.25) is 14.6 Å². The van der Waals surface area contributed by atoms with E-state index in [9.17, 15) is 14.7 Å². The van der Waals surface area contributed by atoms with Crippen LogP contribution in [0.1, 0.15) is 25.3 Å². The lowest BCUT2D eigenvalue weighted by Gasteiger charge is -2.51. The molecule has 27 heavy (non-hydrogen) atoms. The van der Waals surface area contributed by atoms with Crippen LogP contribution in [0.25, 0.3) is 0 Å². The molecule has 0 aromatic heterocycles. The number of anilines is 1. The lowest BCUT2D eigenvalue weighted by Crippen LogP contribution is -2.58. The fourth-order valence-corrected chi connectivity index (χ4v) is 6.28. The second-order valence-corrected chi connectivity index (χ2v) is 8.23. The largest absolute Gasteiger partial charge is 0.466 e. The molecule has 1 amide bonds. The van der Waals surface area contributed by atoms with Crippen LogP contribution >= 0.6 is 0 Å². The van der Waals surface area contributed by atoms with E-state index in [2.05, 4.69) is 11.0 Å². The number of benzene rings is 1. The molecule has 1 aromatic carbocycles. The predicted octanol–water partition coefficient (Wildman–Crippen LogP) is 1.43. The second kappa shape index (κ2) is 5.66. The van der Waals surface area contributed by atoms with Gasteiger partial charge in [-0.1, -0.05) is 18.2 Å². The van der Waals surface area contributed by atoms with Gasteiger partial charge in [-0.15, -0.1) is 0 Å². The van der Waals surface area contributed by atoms with Crippen molar-refractivity contribution in [3.63, 3.8) is 0 Å². The molecule has 1 N–H and O–H groups in total. The first kappa shape index (κ1) is 17.0. The van der Waals surface area contributed by atoms with E-state index in [1.165, 1.54) is 7.11 Å². The summed E-state index contributed by atoms with van der Waals surface area (Å²) < 4.78 is 5.18. The Morgan fingerprint density at radius 3 is 2.89 bits per heavy atom. The van der Waals surface area contributed by atoms with Crippen molar-refractivity contribution in [1.29, 1.82) is 0 Å². The molecule has 3 aliphatic heterocycles. The molecule has 1 spiro atoms. The smallest absolute Gasteiger partial charge is 0.335 e. The lowest BCUT2D eigenvalue weighted by atomic mass is 9.60. The molecule has 1 aliphatic carbocycles. The molecule has 0 radical (unpaired) electrons. The molecule has 6 heteroatoms. The van der Waals surface area contributed by atoms with Crippen molar-refractivity contribution in [1.82, 2.24) is 4.90 Å². The number of piperidine rings is 1. The lowest BCUT2D eigenvalue weighted by molar-refractivity contribution is -0.138. The first-order chi connectivity index (χ1) is 13.0. The number of fused-ring (bicyclic) bond motifs is 2. The van der Waals surface area contributed by atoms with Crippen LogP contribution in [0, 0.1) is 11.8 Å². The zero-order valence-electron chi connectivity index (χ0n) is 15.6. The molecule has 1 aromatic rings. The van der Waals surface area contributed by atoms with Crippen molar-refractivity contribution in [2.45, 2.75) is 37.3 Å². The average molecular weight is 368 g/mol. The third-order valence-electron chi connectivity index (χ3n) is 7.31. The Bertz CT molecular complexity index is 863. The summed E-state index contributed by atoms with van der Waals surface area (Å²) in [5, 5.41) is 10.4. The van der Waals surface area contributed by atoms with Gasteiger partial charge < -0.3 is 9.84 Å². The zero-order valence-corrected chi connectivity index (χ0v) is 15.6. The molecule has 5 atom stereocenters. The van der Waals surface area contributed by atoms with Crippen molar-refractivity contribution < 1.29 is 19.4 Å². The van der Waals surface area contributed by atoms with Crippen molar-refractivity contribution in [2.24, 2.45) is 11.8 Å². The maximum Gasteiger partial charge on any atom is 0.335 e. The number of carbonyl (C=O) groups is 2. The fraction of sp³-hybridized carbons (Fsp3) is 0.524. The van der Waals surface area contributed by atoms with Crippen molar-refractivity contribution in [2.75, 3.05) is 25.1 Å². The Kier molecular flexibility index (Phi) is 3.55. The molecule has 5 rings (SSSR count). The number of amides is 1. The van der Waals surface area contributed by atoms with Gasteiger partial charge in [-0.2, -0.15) is 0 Å². The summed E-state index contributed by atoms with van der Waals surface area (Å²) in [5.41, 5.74) is 3.03. The van der Waals surface area contributed by atoms with E-state index in [0.717, 1.165) is 49.3 Å². The summed E-state index contributed by atoms with van der Waals surface area (Å²) in [6.45, 7) is 3.47. The van der Waals surface area contributed by atoms with Crippen LogP contribution in [0.3, 0.4) is 0 Å². The number of hydrogen-bond donors (Lipinski definition) is 1. The normalized spacial score (nSPS) is 34.9. The topological polar surface area (TPSA) is 70.1 Å². The van der Waals surface area contributed by atoms with Crippen LogP contribution in [0.15, 0.2) is 35.5 Å². The van der Waals surface area contributed by atoms with Crippen LogP contribution in [-0.2, 0) is 19.7 Å². The summed E-state index contributed by atoms with van der Waals surface area (Å²) in [6.07, 6.45) is 1.98. The second-order valence-electron chi connectivity index (χ2n) is 8.23. The van der Waals surface area contributed by atoms with E-state index in [-0.39, 0.29) is 29.3 Å². The number of esters is 1. The van der Waals surface area contributed by atoms with Gasteiger partial charge in [-0.25, -0.2) is 4.79 Å². The molecule has 2 bridgehead atoms. The van der Waals surface area contributed by atoms with Crippen LogP contribution < -0.4 is 4.90 Å². The minimum absolute atomic E-state index is 0.0452.